The van der Waals surface area contributed by atoms with E-state index in [1.54, 1.807) is 43.6 Å². The fourth-order valence-corrected chi connectivity index (χ4v) is 4.37. The van der Waals surface area contributed by atoms with Gasteiger partial charge in [-0.2, -0.15) is 5.26 Å². The zero-order chi connectivity index (χ0) is 25.8. The fraction of sp³-hybridized carbons (Fsp3) is 0.259. The number of rotatable bonds is 6. The minimum absolute atomic E-state index is 0.0147. The summed E-state index contributed by atoms with van der Waals surface area (Å²) < 4.78 is 20.7. The van der Waals surface area contributed by atoms with E-state index in [4.69, 9.17) is 4.74 Å². The Bertz CT molecular complexity index is 1420. The SMILES string of the molecule is COc1ccc(C(=O)C2CCN(c3ccc(C#N)cc3NC(=O)c3cccn(C)c3=O)CC2)c(F)c1. The Kier molecular flexibility index (Phi) is 7.15. The molecule has 0 saturated carbocycles. The molecule has 0 spiro atoms. The number of amides is 1. The van der Waals surface area contributed by atoms with Gasteiger partial charge in [-0.3, -0.25) is 14.4 Å². The first kappa shape index (κ1) is 24.7. The number of piperidine rings is 1. The Balaban J connectivity index is 1.52. The van der Waals surface area contributed by atoms with Crippen LogP contribution in [-0.2, 0) is 7.05 Å². The van der Waals surface area contributed by atoms with E-state index in [9.17, 15) is 24.0 Å². The van der Waals surface area contributed by atoms with Crippen LogP contribution >= 0.6 is 0 Å². The van der Waals surface area contributed by atoms with Crippen LogP contribution in [0.3, 0.4) is 0 Å². The van der Waals surface area contributed by atoms with Crippen molar-refractivity contribution in [3.8, 4) is 11.8 Å². The van der Waals surface area contributed by atoms with E-state index in [2.05, 4.69) is 11.4 Å². The van der Waals surface area contributed by atoms with Crippen molar-refractivity contribution >= 4 is 23.1 Å². The molecular formula is C27H25FN4O4. The molecule has 0 unspecified atom stereocenters. The Morgan fingerprint density at radius 2 is 1.86 bits per heavy atom. The number of nitrogens with one attached hydrogen (secondary N) is 1. The number of carbonyl (C=O) groups is 2. The predicted molar refractivity (Wildman–Crippen MR) is 133 cm³/mol. The Labute approximate surface area is 207 Å². The van der Waals surface area contributed by atoms with Gasteiger partial charge in [0.15, 0.2) is 5.78 Å². The van der Waals surface area contributed by atoms with Gasteiger partial charge in [0.2, 0.25) is 0 Å². The van der Waals surface area contributed by atoms with Gasteiger partial charge in [-0.25, -0.2) is 4.39 Å². The number of nitrogens with zero attached hydrogens (tertiary/aromatic N) is 3. The normalized spacial score (nSPS) is 13.7. The van der Waals surface area contributed by atoms with Crippen LogP contribution in [0.2, 0.25) is 0 Å². The molecule has 1 fully saturated rings. The highest BCUT2D eigenvalue weighted by Gasteiger charge is 2.29. The third kappa shape index (κ3) is 4.98. The molecule has 0 bridgehead atoms. The second-order valence-corrected chi connectivity index (χ2v) is 8.61. The number of aryl methyl sites for hydroxylation is 1. The van der Waals surface area contributed by atoms with Gasteiger partial charge < -0.3 is 19.5 Å². The number of anilines is 2. The first-order valence-electron chi connectivity index (χ1n) is 11.5. The lowest BCUT2D eigenvalue weighted by Crippen LogP contribution is -2.37. The average Bonchev–Trinajstić information content (AvgIpc) is 2.89. The number of benzene rings is 2. The minimum Gasteiger partial charge on any atom is -0.497 e. The number of nitriles is 1. The van der Waals surface area contributed by atoms with E-state index in [1.165, 1.54) is 29.9 Å². The predicted octanol–water partition coefficient (Wildman–Crippen LogP) is 3.76. The number of hydrogen-bond donors (Lipinski definition) is 1. The van der Waals surface area contributed by atoms with Crippen molar-refractivity contribution in [3.63, 3.8) is 0 Å². The number of ketones is 1. The first-order valence-corrected chi connectivity index (χ1v) is 11.5. The number of ether oxygens (including phenoxy) is 1. The van der Waals surface area contributed by atoms with Crippen LogP contribution in [0.25, 0.3) is 0 Å². The van der Waals surface area contributed by atoms with Crippen molar-refractivity contribution in [1.82, 2.24) is 4.57 Å². The van der Waals surface area contributed by atoms with E-state index in [0.29, 0.717) is 48.6 Å². The summed E-state index contributed by atoms with van der Waals surface area (Å²) in [6.07, 6.45) is 2.55. The molecule has 1 amide bonds. The van der Waals surface area contributed by atoms with Gasteiger partial charge in [0, 0.05) is 38.3 Å². The standard InChI is InChI=1S/C27H25FN4O4/c1-31-11-3-4-21(27(31)35)26(34)30-23-14-17(16-29)5-8-24(23)32-12-9-18(10-13-32)25(33)20-7-6-19(36-2)15-22(20)28/h3-8,11,14-15,18H,9-10,12-13H2,1-2H3,(H,30,34). The molecule has 9 heteroatoms. The zero-order valence-corrected chi connectivity index (χ0v) is 20.0. The molecule has 1 N–H and O–H groups in total. The van der Waals surface area contributed by atoms with Crippen molar-refractivity contribution in [1.29, 1.82) is 5.26 Å². The van der Waals surface area contributed by atoms with E-state index in [1.807, 2.05) is 4.90 Å². The quantitative estimate of drug-likeness (QED) is 0.530. The number of halogens is 1. The lowest BCUT2D eigenvalue weighted by atomic mass is 9.88. The fourth-order valence-electron chi connectivity index (χ4n) is 4.37. The summed E-state index contributed by atoms with van der Waals surface area (Å²) in [5.41, 5.74) is 1.03. The Morgan fingerprint density at radius 3 is 2.53 bits per heavy atom. The summed E-state index contributed by atoms with van der Waals surface area (Å²) in [6, 6.07) is 14.3. The van der Waals surface area contributed by atoms with E-state index < -0.39 is 17.3 Å². The van der Waals surface area contributed by atoms with Crippen LogP contribution in [0, 0.1) is 23.1 Å². The number of Topliss-reactive ketones (excluding diaryl/α,β-unsaturated/α-hetero) is 1. The monoisotopic (exact) mass is 488 g/mol. The van der Waals surface area contributed by atoms with Gasteiger partial charge in [-0.05, 0) is 55.3 Å². The number of aromatic nitrogens is 1. The summed E-state index contributed by atoms with van der Waals surface area (Å²) in [4.78, 5) is 40.2. The summed E-state index contributed by atoms with van der Waals surface area (Å²) in [7, 11) is 3.00. The molecule has 184 valence electrons. The maximum atomic E-state index is 14.4. The molecule has 1 aliphatic heterocycles. The minimum atomic E-state index is -0.606. The maximum Gasteiger partial charge on any atom is 0.263 e. The van der Waals surface area contributed by atoms with Crippen molar-refractivity contribution < 1.29 is 18.7 Å². The molecule has 3 aromatic rings. The molecule has 2 aromatic carbocycles. The van der Waals surface area contributed by atoms with Crippen molar-refractivity contribution in [2.24, 2.45) is 13.0 Å². The van der Waals surface area contributed by atoms with Gasteiger partial charge in [-0.15, -0.1) is 0 Å². The first-order chi connectivity index (χ1) is 17.3. The van der Waals surface area contributed by atoms with Crippen LogP contribution in [0.4, 0.5) is 15.8 Å². The topological polar surface area (TPSA) is 104 Å². The van der Waals surface area contributed by atoms with E-state index >= 15 is 0 Å². The average molecular weight is 489 g/mol. The summed E-state index contributed by atoms with van der Waals surface area (Å²) in [5, 5.41) is 12.1. The second-order valence-electron chi connectivity index (χ2n) is 8.61. The van der Waals surface area contributed by atoms with Crippen molar-refractivity contribution in [3.05, 3.63) is 87.6 Å². The molecule has 2 heterocycles. The molecule has 1 aliphatic rings. The largest absolute Gasteiger partial charge is 0.497 e. The van der Waals surface area contributed by atoms with Gasteiger partial charge in [-0.1, -0.05) is 0 Å². The Hall–Kier alpha value is -4.45. The van der Waals surface area contributed by atoms with Gasteiger partial charge in [0.05, 0.1) is 35.7 Å². The summed E-state index contributed by atoms with van der Waals surface area (Å²) >= 11 is 0. The van der Waals surface area contributed by atoms with Gasteiger partial charge >= 0.3 is 0 Å². The number of methoxy groups -OCH3 is 1. The number of hydrogen-bond acceptors (Lipinski definition) is 6. The van der Waals surface area contributed by atoms with Crippen LogP contribution in [0.1, 0.15) is 39.1 Å². The third-order valence-corrected chi connectivity index (χ3v) is 6.39. The highest BCUT2D eigenvalue weighted by molar-refractivity contribution is 6.06. The summed E-state index contributed by atoms with van der Waals surface area (Å²) in [6.45, 7) is 0.992. The van der Waals surface area contributed by atoms with Gasteiger partial charge in [0.1, 0.15) is 17.1 Å². The molecule has 0 atom stereocenters. The molecular weight excluding hydrogens is 463 g/mol. The van der Waals surface area contributed by atoms with Crippen LogP contribution in [-0.4, -0.2) is 36.5 Å². The molecule has 36 heavy (non-hydrogen) atoms. The third-order valence-electron chi connectivity index (χ3n) is 6.39. The van der Waals surface area contributed by atoms with Gasteiger partial charge in [0.25, 0.3) is 11.5 Å². The van der Waals surface area contributed by atoms with E-state index in [-0.39, 0.29) is 22.8 Å². The zero-order valence-electron chi connectivity index (χ0n) is 20.0. The van der Waals surface area contributed by atoms with Crippen LogP contribution in [0.5, 0.6) is 5.75 Å². The molecule has 1 saturated heterocycles. The van der Waals surface area contributed by atoms with Crippen molar-refractivity contribution in [2.45, 2.75) is 12.8 Å². The summed E-state index contributed by atoms with van der Waals surface area (Å²) in [5.74, 6) is -1.42. The lowest BCUT2D eigenvalue weighted by Gasteiger charge is -2.34. The van der Waals surface area contributed by atoms with E-state index in [0.717, 1.165) is 0 Å². The number of carbonyl (C=O) groups excluding carboxylic acids is 2. The molecule has 0 radical (unpaired) electrons. The highest BCUT2D eigenvalue weighted by Crippen LogP contribution is 2.32. The molecule has 4 rings (SSSR count). The molecule has 1 aromatic heterocycles. The van der Waals surface area contributed by atoms with Crippen molar-refractivity contribution in [2.75, 3.05) is 30.4 Å². The molecule has 0 aliphatic carbocycles. The van der Waals surface area contributed by atoms with Crippen LogP contribution in [0.15, 0.2) is 59.5 Å². The smallest absolute Gasteiger partial charge is 0.263 e. The van der Waals surface area contributed by atoms with Crippen LogP contribution < -0.4 is 20.5 Å². The lowest BCUT2D eigenvalue weighted by molar-refractivity contribution is 0.0896. The Morgan fingerprint density at radius 1 is 1.11 bits per heavy atom. The molecule has 8 nitrogen and oxygen atoms in total. The highest BCUT2D eigenvalue weighted by atomic mass is 19.1. The second kappa shape index (κ2) is 10.4. The number of pyridine rings is 1. The maximum absolute atomic E-state index is 14.4.